The molecule has 2 rings (SSSR count). The first-order chi connectivity index (χ1) is 9.16. The number of ketones is 3. The molecule has 0 amide bonds. The molecule has 106 valence electrons. The molecule has 0 aromatic rings. The van der Waals surface area contributed by atoms with Gasteiger partial charge in [-0.25, -0.2) is 0 Å². The van der Waals surface area contributed by atoms with Gasteiger partial charge in [0, 0.05) is 38.0 Å². The zero-order valence-electron chi connectivity index (χ0n) is 11.7. The van der Waals surface area contributed by atoms with E-state index in [0.29, 0.717) is 49.5 Å². The second-order valence-corrected chi connectivity index (χ2v) is 6.11. The molecule has 0 spiro atoms. The first kappa shape index (κ1) is 14.4. The highest BCUT2D eigenvalue weighted by molar-refractivity contribution is 5.86. The molecular weight excluding hydrogens is 240 g/mol. The third kappa shape index (κ3) is 4.26. The number of carbonyl (C=O) groups excluding carboxylic acids is 3. The number of hydrogen-bond donors (Lipinski definition) is 0. The molecule has 2 aliphatic carbocycles. The third-order valence-corrected chi connectivity index (χ3v) is 4.62. The number of fused-ring (bicyclic) bond motifs is 1. The summed E-state index contributed by atoms with van der Waals surface area (Å²) in [6, 6.07) is 0. The minimum atomic E-state index is 0.118. The lowest BCUT2D eigenvalue weighted by atomic mass is 9.73. The van der Waals surface area contributed by atoms with E-state index in [9.17, 15) is 14.4 Å². The highest BCUT2D eigenvalue weighted by atomic mass is 16.1. The molecule has 0 heterocycles. The summed E-state index contributed by atoms with van der Waals surface area (Å²) in [5, 5.41) is 0. The number of rotatable bonds is 0. The fourth-order valence-electron chi connectivity index (χ4n) is 3.48. The van der Waals surface area contributed by atoms with Crippen LogP contribution in [0.1, 0.15) is 70.6 Å². The van der Waals surface area contributed by atoms with Crippen LogP contribution >= 0.6 is 0 Å². The van der Waals surface area contributed by atoms with Crippen molar-refractivity contribution in [3.05, 3.63) is 0 Å². The third-order valence-electron chi connectivity index (χ3n) is 4.62. The van der Waals surface area contributed by atoms with Crippen molar-refractivity contribution in [2.75, 3.05) is 0 Å². The van der Waals surface area contributed by atoms with Gasteiger partial charge in [0.05, 0.1) is 0 Å². The minimum absolute atomic E-state index is 0.118. The summed E-state index contributed by atoms with van der Waals surface area (Å²) in [5.41, 5.74) is 0. The maximum Gasteiger partial charge on any atom is 0.136 e. The van der Waals surface area contributed by atoms with Crippen LogP contribution in [0.15, 0.2) is 0 Å². The Morgan fingerprint density at radius 3 is 2.16 bits per heavy atom. The van der Waals surface area contributed by atoms with Gasteiger partial charge in [0.15, 0.2) is 0 Å². The van der Waals surface area contributed by atoms with Gasteiger partial charge in [-0.2, -0.15) is 0 Å². The van der Waals surface area contributed by atoms with Gasteiger partial charge < -0.3 is 0 Å². The van der Waals surface area contributed by atoms with Crippen molar-refractivity contribution in [2.24, 2.45) is 11.8 Å². The fraction of sp³-hybridized carbons (Fsp3) is 0.812. The fourth-order valence-corrected chi connectivity index (χ4v) is 3.48. The van der Waals surface area contributed by atoms with E-state index in [0.717, 1.165) is 38.5 Å². The van der Waals surface area contributed by atoms with Gasteiger partial charge in [0.2, 0.25) is 0 Å². The predicted molar refractivity (Wildman–Crippen MR) is 72.8 cm³/mol. The molecule has 0 aromatic heterocycles. The lowest BCUT2D eigenvalue weighted by Crippen LogP contribution is -2.31. The molecule has 2 saturated carbocycles. The summed E-state index contributed by atoms with van der Waals surface area (Å²) in [5.74, 6) is 1.36. The van der Waals surface area contributed by atoms with Crippen LogP contribution < -0.4 is 0 Å². The summed E-state index contributed by atoms with van der Waals surface area (Å²) < 4.78 is 0. The molecule has 19 heavy (non-hydrogen) atoms. The standard InChI is InChI=1S/C16H24O3/c17-13-6-2-1-5-12-11-14(18)9-10-15(12)16(19)8-4-3-7-13/h12,15H,1-11H2. The van der Waals surface area contributed by atoms with Gasteiger partial charge >= 0.3 is 0 Å². The zero-order chi connectivity index (χ0) is 13.7. The summed E-state index contributed by atoms with van der Waals surface area (Å²) in [4.78, 5) is 35.4. The first-order valence-electron chi connectivity index (χ1n) is 7.73. The Balaban J connectivity index is 1.99. The Morgan fingerprint density at radius 2 is 1.37 bits per heavy atom. The average molecular weight is 264 g/mol. The second kappa shape index (κ2) is 6.97. The van der Waals surface area contributed by atoms with Crippen LogP contribution in [0.5, 0.6) is 0 Å². The molecule has 3 nitrogen and oxygen atoms in total. The van der Waals surface area contributed by atoms with Crippen LogP contribution in [0, 0.1) is 11.8 Å². The van der Waals surface area contributed by atoms with Gasteiger partial charge in [0.1, 0.15) is 17.3 Å². The maximum atomic E-state index is 12.3. The van der Waals surface area contributed by atoms with E-state index in [2.05, 4.69) is 0 Å². The monoisotopic (exact) mass is 264 g/mol. The summed E-state index contributed by atoms with van der Waals surface area (Å²) in [7, 11) is 0. The maximum absolute atomic E-state index is 12.3. The van der Waals surface area contributed by atoms with Crippen LogP contribution in [0.2, 0.25) is 0 Å². The largest absolute Gasteiger partial charge is 0.300 e. The molecular formula is C16H24O3. The van der Waals surface area contributed by atoms with Crippen molar-refractivity contribution in [3.8, 4) is 0 Å². The van der Waals surface area contributed by atoms with Crippen LogP contribution in [0.25, 0.3) is 0 Å². The minimum Gasteiger partial charge on any atom is -0.300 e. The number of carbonyl (C=O) groups is 3. The lowest BCUT2D eigenvalue weighted by molar-refractivity contribution is -0.130. The van der Waals surface area contributed by atoms with E-state index in [4.69, 9.17) is 0 Å². The molecule has 0 radical (unpaired) electrons. The topological polar surface area (TPSA) is 51.2 Å². The molecule has 2 fully saturated rings. The molecule has 2 unspecified atom stereocenters. The Kier molecular flexibility index (Phi) is 5.29. The van der Waals surface area contributed by atoms with Crippen molar-refractivity contribution < 1.29 is 14.4 Å². The van der Waals surface area contributed by atoms with Crippen LogP contribution in [-0.4, -0.2) is 17.3 Å². The molecule has 0 saturated heterocycles. The highest BCUT2D eigenvalue weighted by Crippen LogP contribution is 2.34. The van der Waals surface area contributed by atoms with E-state index in [-0.39, 0.29) is 11.8 Å². The Morgan fingerprint density at radius 1 is 0.684 bits per heavy atom. The molecule has 3 heteroatoms. The second-order valence-electron chi connectivity index (χ2n) is 6.11. The van der Waals surface area contributed by atoms with Gasteiger partial charge in [-0.15, -0.1) is 0 Å². The van der Waals surface area contributed by atoms with Crippen molar-refractivity contribution in [1.29, 1.82) is 0 Å². The van der Waals surface area contributed by atoms with Gasteiger partial charge in [-0.1, -0.05) is 6.42 Å². The van der Waals surface area contributed by atoms with E-state index in [1.807, 2.05) is 0 Å². The summed E-state index contributed by atoms with van der Waals surface area (Å²) in [6.45, 7) is 0. The Hall–Kier alpha value is -0.990. The van der Waals surface area contributed by atoms with Crippen LogP contribution in [0.4, 0.5) is 0 Å². The molecule has 2 aliphatic rings. The SMILES string of the molecule is O=C1CCCCC(=O)C2CCC(=O)CC2CCCC1. The van der Waals surface area contributed by atoms with Crippen LogP contribution in [0.3, 0.4) is 0 Å². The summed E-state index contributed by atoms with van der Waals surface area (Å²) >= 11 is 0. The van der Waals surface area contributed by atoms with Gasteiger partial charge in [-0.05, 0) is 38.0 Å². The van der Waals surface area contributed by atoms with Gasteiger partial charge in [-0.3, -0.25) is 14.4 Å². The Bertz CT molecular complexity index is 359. The number of Topliss-reactive ketones (excluding diaryl/α,β-unsaturated/α-hetero) is 3. The van der Waals surface area contributed by atoms with E-state index in [1.165, 1.54) is 0 Å². The molecule has 0 aliphatic heterocycles. The van der Waals surface area contributed by atoms with Crippen molar-refractivity contribution in [2.45, 2.75) is 70.6 Å². The van der Waals surface area contributed by atoms with Crippen molar-refractivity contribution >= 4 is 17.3 Å². The zero-order valence-corrected chi connectivity index (χ0v) is 11.7. The van der Waals surface area contributed by atoms with E-state index >= 15 is 0 Å². The Labute approximate surface area is 115 Å². The highest BCUT2D eigenvalue weighted by Gasteiger charge is 2.33. The molecule has 0 N–H and O–H groups in total. The lowest BCUT2D eigenvalue weighted by Gasteiger charge is -2.30. The molecule has 0 bridgehead atoms. The first-order valence-corrected chi connectivity index (χ1v) is 7.73. The summed E-state index contributed by atoms with van der Waals surface area (Å²) in [6.07, 6.45) is 8.38. The quantitative estimate of drug-likeness (QED) is 0.675. The number of hydrogen-bond acceptors (Lipinski definition) is 3. The normalized spacial score (nSPS) is 31.3. The molecule has 2 atom stereocenters. The van der Waals surface area contributed by atoms with Gasteiger partial charge in [0.25, 0.3) is 0 Å². The van der Waals surface area contributed by atoms with Crippen LogP contribution in [-0.2, 0) is 14.4 Å². The average Bonchev–Trinajstić information content (AvgIpc) is 2.38. The van der Waals surface area contributed by atoms with Crippen molar-refractivity contribution in [3.63, 3.8) is 0 Å². The van der Waals surface area contributed by atoms with E-state index < -0.39 is 0 Å². The smallest absolute Gasteiger partial charge is 0.136 e. The van der Waals surface area contributed by atoms with E-state index in [1.54, 1.807) is 0 Å². The predicted octanol–water partition coefficient (Wildman–Crippen LogP) is 3.24. The molecule has 0 aromatic carbocycles. The van der Waals surface area contributed by atoms with Crippen molar-refractivity contribution in [1.82, 2.24) is 0 Å².